The number of hydrogen-bond donors (Lipinski definition) is 1. The lowest BCUT2D eigenvalue weighted by Gasteiger charge is -2.00. The molecule has 0 spiro atoms. The maximum atomic E-state index is 9.23. The molecule has 0 aliphatic rings. The molecule has 3 rings (SSSR count). The van der Waals surface area contributed by atoms with E-state index in [1.165, 1.54) is 0 Å². The summed E-state index contributed by atoms with van der Waals surface area (Å²) in [5.74, 6) is 0. The zero-order valence-corrected chi connectivity index (χ0v) is 13.6. The highest BCUT2D eigenvalue weighted by molar-refractivity contribution is 7.80. The highest BCUT2D eigenvalue weighted by atomic mass is 32.1. The summed E-state index contributed by atoms with van der Waals surface area (Å²) in [5, 5.41) is 13.9. The molecule has 1 heterocycles. The minimum atomic E-state index is 0.0731. The zero-order valence-electron chi connectivity index (χ0n) is 12.8. The van der Waals surface area contributed by atoms with Crippen LogP contribution in [-0.2, 0) is 0 Å². The van der Waals surface area contributed by atoms with E-state index in [0.29, 0.717) is 0 Å². The SMILES string of the molecule is N#CC(=Cc1cn(-c2ccccc2)nc1-c1ccccc1)C(N)=S. The van der Waals surface area contributed by atoms with Crippen molar-refractivity contribution < 1.29 is 0 Å². The van der Waals surface area contributed by atoms with Crippen LogP contribution in [0.15, 0.2) is 72.4 Å². The van der Waals surface area contributed by atoms with Crippen LogP contribution in [0, 0.1) is 11.3 Å². The average Bonchev–Trinajstić information content (AvgIpc) is 3.05. The third-order valence-electron chi connectivity index (χ3n) is 3.50. The van der Waals surface area contributed by atoms with Gasteiger partial charge in [-0.25, -0.2) is 4.68 Å². The third kappa shape index (κ3) is 3.24. The fraction of sp³-hybridized carbons (Fsp3) is 0. The summed E-state index contributed by atoms with van der Waals surface area (Å²) in [6, 6.07) is 21.6. The molecule has 3 aromatic rings. The molecule has 0 radical (unpaired) electrons. The van der Waals surface area contributed by atoms with Gasteiger partial charge in [-0.05, 0) is 18.2 Å². The molecule has 2 aromatic carbocycles. The molecule has 1 aromatic heterocycles. The van der Waals surface area contributed by atoms with Crippen molar-refractivity contribution in [3.05, 3.63) is 78.0 Å². The average molecular weight is 330 g/mol. The van der Waals surface area contributed by atoms with Gasteiger partial charge in [0.2, 0.25) is 0 Å². The molecule has 0 aliphatic heterocycles. The minimum Gasteiger partial charge on any atom is -0.389 e. The van der Waals surface area contributed by atoms with Gasteiger partial charge in [-0.2, -0.15) is 10.4 Å². The lowest BCUT2D eigenvalue weighted by molar-refractivity contribution is 0.884. The highest BCUT2D eigenvalue weighted by Gasteiger charge is 2.12. The van der Waals surface area contributed by atoms with E-state index in [2.05, 4.69) is 5.10 Å². The van der Waals surface area contributed by atoms with Crippen LogP contribution in [0.3, 0.4) is 0 Å². The van der Waals surface area contributed by atoms with E-state index >= 15 is 0 Å². The van der Waals surface area contributed by atoms with Gasteiger partial charge in [0.05, 0.1) is 17.0 Å². The third-order valence-corrected chi connectivity index (χ3v) is 3.72. The maximum absolute atomic E-state index is 9.23. The summed E-state index contributed by atoms with van der Waals surface area (Å²) in [6.07, 6.45) is 3.55. The van der Waals surface area contributed by atoms with E-state index in [0.717, 1.165) is 22.5 Å². The number of rotatable bonds is 4. The molecule has 4 nitrogen and oxygen atoms in total. The van der Waals surface area contributed by atoms with Crippen LogP contribution in [0.5, 0.6) is 0 Å². The van der Waals surface area contributed by atoms with Crippen molar-refractivity contribution in [3.8, 4) is 23.0 Å². The predicted octanol–water partition coefficient (Wildman–Crippen LogP) is 3.73. The van der Waals surface area contributed by atoms with Gasteiger partial charge < -0.3 is 5.73 Å². The predicted molar refractivity (Wildman–Crippen MR) is 99.4 cm³/mol. The monoisotopic (exact) mass is 330 g/mol. The van der Waals surface area contributed by atoms with Crippen LogP contribution < -0.4 is 5.73 Å². The fourth-order valence-electron chi connectivity index (χ4n) is 2.34. The number of thiocarbonyl (C=S) groups is 1. The summed E-state index contributed by atoms with van der Waals surface area (Å²) < 4.78 is 1.78. The molecule has 0 unspecified atom stereocenters. The number of para-hydroxylation sites is 1. The summed E-state index contributed by atoms with van der Waals surface area (Å²) in [6.45, 7) is 0. The van der Waals surface area contributed by atoms with Gasteiger partial charge in [-0.1, -0.05) is 60.7 Å². The first-order valence-electron chi connectivity index (χ1n) is 7.31. The number of hydrogen-bond acceptors (Lipinski definition) is 3. The van der Waals surface area contributed by atoms with Gasteiger partial charge in [-0.15, -0.1) is 0 Å². The Hall–Kier alpha value is -3.23. The number of nitrogens with zero attached hydrogens (tertiary/aromatic N) is 3. The molecule has 0 atom stereocenters. The van der Waals surface area contributed by atoms with Crippen molar-refractivity contribution in [1.29, 1.82) is 5.26 Å². The largest absolute Gasteiger partial charge is 0.389 e. The van der Waals surface area contributed by atoms with Gasteiger partial charge in [0, 0.05) is 17.3 Å². The summed E-state index contributed by atoms with van der Waals surface area (Å²) in [5.41, 5.74) is 9.32. The Kier molecular flexibility index (Phi) is 4.50. The summed E-state index contributed by atoms with van der Waals surface area (Å²) >= 11 is 4.94. The van der Waals surface area contributed by atoms with E-state index in [1.54, 1.807) is 10.8 Å². The molecule has 0 amide bonds. The first-order valence-corrected chi connectivity index (χ1v) is 7.72. The van der Waals surface area contributed by atoms with Crippen LogP contribution in [0.2, 0.25) is 0 Å². The van der Waals surface area contributed by atoms with E-state index in [1.807, 2.05) is 72.9 Å². The fourth-order valence-corrected chi connectivity index (χ4v) is 2.44. The molecule has 116 valence electrons. The minimum absolute atomic E-state index is 0.0731. The van der Waals surface area contributed by atoms with Gasteiger partial charge in [0.15, 0.2) is 0 Å². The van der Waals surface area contributed by atoms with E-state index in [9.17, 15) is 5.26 Å². The number of benzene rings is 2. The van der Waals surface area contributed by atoms with Gasteiger partial charge in [0.1, 0.15) is 11.1 Å². The van der Waals surface area contributed by atoms with E-state index in [4.69, 9.17) is 18.0 Å². The molecular formula is C19H14N4S. The molecular weight excluding hydrogens is 316 g/mol. The van der Waals surface area contributed by atoms with Crippen LogP contribution in [0.4, 0.5) is 0 Å². The number of nitrogens with two attached hydrogens (primary N) is 1. The summed E-state index contributed by atoms with van der Waals surface area (Å²) in [7, 11) is 0. The van der Waals surface area contributed by atoms with Crippen LogP contribution >= 0.6 is 12.2 Å². The van der Waals surface area contributed by atoms with Crippen molar-refractivity contribution in [2.24, 2.45) is 5.73 Å². The van der Waals surface area contributed by atoms with Crippen molar-refractivity contribution in [1.82, 2.24) is 9.78 Å². The Morgan fingerprint density at radius 1 is 1.08 bits per heavy atom. The molecule has 2 N–H and O–H groups in total. The van der Waals surface area contributed by atoms with E-state index < -0.39 is 0 Å². The Balaban J connectivity index is 2.18. The van der Waals surface area contributed by atoms with Crippen molar-refractivity contribution in [2.45, 2.75) is 0 Å². The Morgan fingerprint density at radius 3 is 2.29 bits per heavy atom. The second-order valence-corrected chi connectivity index (χ2v) is 5.55. The molecule has 0 aliphatic carbocycles. The summed E-state index contributed by atoms with van der Waals surface area (Å²) in [4.78, 5) is 0.0731. The quantitative estimate of drug-likeness (QED) is 0.449. The van der Waals surface area contributed by atoms with Crippen molar-refractivity contribution >= 4 is 23.3 Å². The van der Waals surface area contributed by atoms with Gasteiger partial charge in [0.25, 0.3) is 0 Å². The Morgan fingerprint density at radius 2 is 1.71 bits per heavy atom. The van der Waals surface area contributed by atoms with Crippen LogP contribution in [0.1, 0.15) is 5.56 Å². The smallest absolute Gasteiger partial charge is 0.114 e. The lowest BCUT2D eigenvalue weighted by Crippen LogP contribution is -2.09. The van der Waals surface area contributed by atoms with Crippen LogP contribution in [-0.4, -0.2) is 14.8 Å². The lowest BCUT2D eigenvalue weighted by atomic mass is 10.1. The Bertz CT molecular complexity index is 935. The highest BCUT2D eigenvalue weighted by Crippen LogP contribution is 2.25. The van der Waals surface area contributed by atoms with Gasteiger partial charge in [-0.3, -0.25) is 0 Å². The second-order valence-electron chi connectivity index (χ2n) is 5.11. The molecule has 24 heavy (non-hydrogen) atoms. The molecule has 5 heteroatoms. The first-order chi connectivity index (χ1) is 11.7. The molecule has 0 bridgehead atoms. The standard InChI is InChI=1S/C19H14N4S/c20-12-15(19(21)24)11-16-13-23(17-9-5-2-6-10-17)22-18(16)14-7-3-1-4-8-14/h1-11,13H,(H2,21,24). The Labute approximate surface area is 145 Å². The number of aromatic nitrogens is 2. The van der Waals surface area contributed by atoms with Gasteiger partial charge >= 0.3 is 0 Å². The number of nitriles is 1. The molecule has 0 saturated heterocycles. The second kappa shape index (κ2) is 6.90. The first kappa shape index (κ1) is 15.7. The maximum Gasteiger partial charge on any atom is 0.114 e. The van der Waals surface area contributed by atoms with Crippen molar-refractivity contribution in [3.63, 3.8) is 0 Å². The van der Waals surface area contributed by atoms with Crippen LogP contribution in [0.25, 0.3) is 23.0 Å². The molecule has 0 fully saturated rings. The van der Waals surface area contributed by atoms with Crippen molar-refractivity contribution in [2.75, 3.05) is 0 Å². The zero-order chi connectivity index (χ0) is 16.9. The topological polar surface area (TPSA) is 67.6 Å². The normalized spacial score (nSPS) is 11.0. The molecule has 0 saturated carbocycles. The van der Waals surface area contributed by atoms with E-state index in [-0.39, 0.29) is 10.6 Å².